The summed E-state index contributed by atoms with van der Waals surface area (Å²) in [7, 11) is -3.89. The standard InChI is InChI=1S/C37H31O3P/c1-2-40-41(39,32-26-16-7-17-27-32)37(31-24-14-6-15-25-31)34(29-20-10-4-11-21-29)33(28-18-8-3-9-19-28)36(38)35(37)30-22-12-5-13-23-30/h3-27,35H,2H2,1H3/t35-,37-,41?/m0/s1. The van der Waals surface area contributed by atoms with E-state index in [0.29, 0.717) is 10.9 Å². The number of hydrogen-bond donors (Lipinski definition) is 0. The number of hydrogen-bond acceptors (Lipinski definition) is 3. The molecule has 1 aliphatic carbocycles. The maximum atomic E-state index is 16.2. The highest BCUT2D eigenvalue weighted by Crippen LogP contribution is 2.77. The van der Waals surface area contributed by atoms with Gasteiger partial charge < -0.3 is 4.52 Å². The van der Waals surface area contributed by atoms with E-state index in [1.54, 1.807) is 0 Å². The topological polar surface area (TPSA) is 43.4 Å². The monoisotopic (exact) mass is 554 g/mol. The quantitative estimate of drug-likeness (QED) is 0.181. The van der Waals surface area contributed by atoms with E-state index in [4.69, 9.17) is 4.52 Å². The lowest BCUT2D eigenvalue weighted by Gasteiger charge is -2.44. The van der Waals surface area contributed by atoms with Crippen molar-refractivity contribution in [3.8, 4) is 0 Å². The van der Waals surface area contributed by atoms with Gasteiger partial charge in [0.15, 0.2) is 5.78 Å². The average molecular weight is 555 g/mol. The Hall–Kier alpha value is -4.30. The SMILES string of the molecule is CCOP(=O)(c1ccccc1)[C@@]1(c2ccccc2)C(c2ccccc2)=C(c2ccccc2)C(=O)[C@@H]1c1ccccc1. The molecule has 6 rings (SSSR count). The summed E-state index contributed by atoms with van der Waals surface area (Å²) in [5.41, 5.74) is 4.54. The predicted molar refractivity (Wildman–Crippen MR) is 167 cm³/mol. The second kappa shape index (κ2) is 11.3. The fourth-order valence-corrected chi connectivity index (χ4v) is 9.69. The summed E-state index contributed by atoms with van der Waals surface area (Å²) < 4.78 is 22.8. The van der Waals surface area contributed by atoms with Crippen LogP contribution in [-0.2, 0) is 19.0 Å². The normalized spacial score (nSPS) is 20.1. The van der Waals surface area contributed by atoms with Gasteiger partial charge in [-0.05, 0) is 46.9 Å². The highest BCUT2D eigenvalue weighted by atomic mass is 31.2. The van der Waals surface area contributed by atoms with Crippen LogP contribution in [0.15, 0.2) is 152 Å². The van der Waals surface area contributed by atoms with Gasteiger partial charge in [0.2, 0.25) is 7.37 Å². The molecule has 0 radical (unpaired) electrons. The van der Waals surface area contributed by atoms with Gasteiger partial charge in [0, 0.05) is 10.9 Å². The summed E-state index contributed by atoms with van der Waals surface area (Å²) in [4.78, 5) is 15.1. The summed E-state index contributed by atoms with van der Waals surface area (Å²) in [5, 5.41) is -0.765. The molecule has 0 heterocycles. The number of allylic oxidation sites excluding steroid dienone is 2. The molecular weight excluding hydrogens is 523 g/mol. The highest BCUT2D eigenvalue weighted by Gasteiger charge is 2.66. The van der Waals surface area contributed by atoms with E-state index in [9.17, 15) is 0 Å². The van der Waals surface area contributed by atoms with Crippen LogP contribution >= 0.6 is 7.37 Å². The molecular formula is C37H31O3P. The van der Waals surface area contributed by atoms with Gasteiger partial charge in [-0.1, -0.05) is 140 Å². The van der Waals surface area contributed by atoms with E-state index in [2.05, 4.69) is 0 Å². The van der Waals surface area contributed by atoms with Crippen LogP contribution in [0, 0.1) is 0 Å². The Morgan fingerprint density at radius 3 is 1.63 bits per heavy atom. The first-order valence-corrected chi connectivity index (χ1v) is 15.6. The molecule has 1 aliphatic rings. The minimum Gasteiger partial charge on any atom is -0.325 e. The second-order valence-electron chi connectivity index (χ2n) is 10.1. The van der Waals surface area contributed by atoms with Crippen molar-refractivity contribution in [2.24, 2.45) is 0 Å². The molecule has 0 saturated carbocycles. The molecule has 0 fully saturated rings. The number of carbonyl (C=O) groups is 1. The number of benzene rings is 5. The van der Waals surface area contributed by atoms with Crippen molar-refractivity contribution in [2.45, 2.75) is 18.0 Å². The highest BCUT2D eigenvalue weighted by molar-refractivity contribution is 7.69. The smallest absolute Gasteiger partial charge is 0.247 e. The molecule has 0 aromatic heterocycles. The van der Waals surface area contributed by atoms with E-state index in [0.717, 1.165) is 27.8 Å². The molecule has 0 aliphatic heterocycles. The third-order valence-electron chi connectivity index (χ3n) is 7.90. The van der Waals surface area contributed by atoms with Crippen LogP contribution < -0.4 is 5.30 Å². The van der Waals surface area contributed by atoms with Crippen molar-refractivity contribution in [2.75, 3.05) is 6.61 Å². The van der Waals surface area contributed by atoms with Crippen molar-refractivity contribution < 1.29 is 13.9 Å². The molecule has 3 atom stereocenters. The van der Waals surface area contributed by atoms with Crippen LogP contribution in [0.25, 0.3) is 11.1 Å². The second-order valence-corrected chi connectivity index (χ2v) is 12.7. The van der Waals surface area contributed by atoms with Gasteiger partial charge in [-0.2, -0.15) is 0 Å². The van der Waals surface area contributed by atoms with Gasteiger partial charge in [0.05, 0.1) is 12.5 Å². The molecule has 202 valence electrons. The van der Waals surface area contributed by atoms with Crippen molar-refractivity contribution in [3.63, 3.8) is 0 Å². The Kier molecular flexibility index (Phi) is 7.41. The van der Waals surface area contributed by atoms with Crippen molar-refractivity contribution in [1.82, 2.24) is 0 Å². The molecule has 1 unspecified atom stereocenters. The lowest BCUT2D eigenvalue weighted by atomic mass is 9.77. The van der Waals surface area contributed by atoms with E-state index in [-0.39, 0.29) is 12.4 Å². The maximum absolute atomic E-state index is 16.2. The van der Waals surface area contributed by atoms with E-state index < -0.39 is 18.4 Å². The van der Waals surface area contributed by atoms with Gasteiger partial charge in [0.25, 0.3) is 0 Å². The molecule has 3 nitrogen and oxygen atoms in total. The molecule has 0 N–H and O–H groups in total. The van der Waals surface area contributed by atoms with Crippen LogP contribution in [0.1, 0.15) is 35.1 Å². The molecule has 0 bridgehead atoms. The molecule has 0 amide bonds. The predicted octanol–water partition coefficient (Wildman–Crippen LogP) is 8.50. The minimum atomic E-state index is -3.89. The average Bonchev–Trinajstić information content (AvgIpc) is 3.33. The Balaban J connectivity index is 1.87. The lowest BCUT2D eigenvalue weighted by molar-refractivity contribution is -0.115. The molecule has 4 heteroatoms. The first-order valence-electron chi connectivity index (χ1n) is 13.9. The first-order chi connectivity index (χ1) is 20.1. The van der Waals surface area contributed by atoms with Gasteiger partial charge in [-0.3, -0.25) is 9.36 Å². The van der Waals surface area contributed by atoms with Crippen LogP contribution in [0.2, 0.25) is 0 Å². The summed E-state index contributed by atoms with van der Waals surface area (Å²) in [5.74, 6) is -0.866. The molecule has 0 saturated heterocycles. The lowest BCUT2D eigenvalue weighted by Crippen LogP contribution is -2.38. The number of carbonyl (C=O) groups excluding carboxylic acids is 1. The molecule has 5 aromatic rings. The van der Waals surface area contributed by atoms with Crippen molar-refractivity contribution in [1.29, 1.82) is 0 Å². The largest absolute Gasteiger partial charge is 0.325 e. The fraction of sp³-hybridized carbons (Fsp3) is 0.108. The Bertz CT molecular complexity index is 1720. The van der Waals surface area contributed by atoms with E-state index in [1.165, 1.54) is 0 Å². The fourth-order valence-electron chi connectivity index (χ4n) is 6.37. The Labute approximate surface area is 241 Å². The summed E-state index contributed by atoms with van der Waals surface area (Å²) in [6.45, 7) is 2.09. The third kappa shape index (κ3) is 4.34. The van der Waals surface area contributed by atoms with Gasteiger partial charge in [-0.15, -0.1) is 0 Å². The van der Waals surface area contributed by atoms with Crippen molar-refractivity contribution in [3.05, 3.63) is 174 Å². The van der Waals surface area contributed by atoms with Gasteiger partial charge in [-0.25, -0.2) is 0 Å². The van der Waals surface area contributed by atoms with Crippen LogP contribution in [0.3, 0.4) is 0 Å². The third-order valence-corrected chi connectivity index (χ3v) is 11.2. The molecule has 41 heavy (non-hydrogen) atoms. The molecule has 5 aromatic carbocycles. The maximum Gasteiger partial charge on any atom is 0.247 e. The summed E-state index contributed by atoms with van der Waals surface area (Å²) in [6.07, 6.45) is 0. The number of rotatable bonds is 8. The van der Waals surface area contributed by atoms with Crippen LogP contribution in [0.4, 0.5) is 0 Å². The minimum absolute atomic E-state index is 0.0686. The van der Waals surface area contributed by atoms with Crippen LogP contribution in [-0.4, -0.2) is 12.4 Å². The summed E-state index contributed by atoms with van der Waals surface area (Å²) >= 11 is 0. The zero-order chi connectivity index (χ0) is 28.3. The van der Waals surface area contributed by atoms with Gasteiger partial charge >= 0.3 is 0 Å². The van der Waals surface area contributed by atoms with Crippen LogP contribution in [0.5, 0.6) is 0 Å². The molecule has 0 spiro atoms. The Morgan fingerprint density at radius 2 is 1.10 bits per heavy atom. The summed E-state index contributed by atoms with van der Waals surface area (Å²) in [6, 6.07) is 48.7. The Morgan fingerprint density at radius 1 is 0.634 bits per heavy atom. The van der Waals surface area contributed by atoms with E-state index in [1.807, 2.05) is 159 Å². The first kappa shape index (κ1) is 26.9. The zero-order valence-electron chi connectivity index (χ0n) is 22.9. The van der Waals surface area contributed by atoms with E-state index >= 15 is 9.36 Å². The number of ketones is 1. The van der Waals surface area contributed by atoms with Gasteiger partial charge in [0.1, 0.15) is 5.16 Å². The van der Waals surface area contributed by atoms with Crippen molar-refractivity contribution >= 4 is 29.6 Å². The zero-order valence-corrected chi connectivity index (χ0v) is 23.8. The number of Topliss-reactive ketones (excluding diaryl/α,β-unsaturated/α-hetero) is 1.